The van der Waals surface area contributed by atoms with Crippen molar-refractivity contribution in [2.24, 2.45) is 0 Å². The summed E-state index contributed by atoms with van der Waals surface area (Å²) in [4.78, 5) is 24.1. The van der Waals surface area contributed by atoms with E-state index in [2.05, 4.69) is 17.6 Å². The molecular formula is C15H22N4O3. The summed E-state index contributed by atoms with van der Waals surface area (Å²) >= 11 is 0. The van der Waals surface area contributed by atoms with Crippen molar-refractivity contribution >= 4 is 17.3 Å². The van der Waals surface area contributed by atoms with Gasteiger partial charge in [-0.25, -0.2) is 0 Å². The number of hydrogen-bond donors (Lipinski definition) is 2. The largest absolute Gasteiger partial charge is 0.385 e. The molecule has 1 unspecified atom stereocenters. The third kappa shape index (κ3) is 4.70. The first-order chi connectivity index (χ1) is 10.6. The molecule has 7 heteroatoms. The molecule has 22 heavy (non-hydrogen) atoms. The summed E-state index contributed by atoms with van der Waals surface area (Å²) in [5.74, 6) is 0.193. The van der Waals surface area contributed by atoms with E-state index in [4.69, 9.17) is 0 Å². The van der Waals surface area contributed by atoms with E-state index < -0.39 is 4.92 Å². The minimum absolute atomic E-state index is 0.0774. The summed E-state index contributed by atoms with van der Waals surface area (Å²) in [5, 5.41) is 17.0. The van der Waals surface area contributed by atoms with Gasteiger partial charge in [0, 0.05) is 56.5 Å². The number of hydrogen-bond acceptors (Lipinski definition) is 5. The Labute approximate surface area is 129 Å². The second-order valence-corrected chi connectivity index (χ2v) is 5.53. The Morgan fingerprint density at radius 3 is 2.82 bits per heavy atom. The summed E-state index contributed by atoms with van der Waals surface area (Å²) in [6, 6.07) is 6.65. The first kappa shape index (κ1) is 16.2. The summed E-state index contributed by atoms with van der Waals surface area (Å²) < 4.78 is 0. The van der Waals surface area contributed by atoms with Crippen LogP contribution in [0.2, 0.25) is 0 Å². The second-order valence-electron chi connectivity index (χ2n) is 5.53. The Kier molecular flexibility index (Phi) is 5.71. The number of piperazine rings is 1. The molecule has 0 aromatic heterocycles. The van der Waals surface area contributed by atoms with Crippen LogP contribution in [0.5, 0.6) is 0 Å². The molecule has 120 valence electrons. The van der Waals surface area contributed by atoms with Crippen molar-refractivity contribution in [1.29, 1.82) is 0 Å². The van der Waals surface area contributed by atoms with E-state index in [-0.39, 0.29) is 11.6 Å². The van der Waals surface area contributed by atoms with Gasteiger partial charge in [-0.3, -0.25) is 14.9 Å². The van der Waals surface area contributed by atoms with Crippen molar-refractivity contribution < 1.29 is 9.72 Å². The van der Waals surface area contributed by atoms with Crippen LogP contribution in [0.25, 0.3) is 0 Å². The van der Waals surface area contributed by atoms with E-state index in [0.29, 0.717) is 19.0 Å². The molecule has 1 atom stereocenters. The molecule has 0 bridgehead atoms. The number of carbonyl (C=O) groups excluding carboxylic acids is 1. The molecule has 2 N–H and O–H groups in total. The third-order valence-electron chi connectivity index (χ3n) is 3.70. The topological polar surface area (TPSA) is 87.5 Å². The van der Waals surface area contributed by atoms with Gasteiger partial charge >= 0.3 is 0 Å². The summed E-state index contributed by atoms with van der Waals surface area (Å²) in [5.41, 5.74) is 0.905. The van der Waals surface area contributed by atoms with E-state index in [1.54, 1.807) is 12.1 Å². The van der Waals surface area contributed by atoms with E-state index in [1.165, 1.54) is 12.1 Å². The Hall–Kier alpha value is -2.15. The van der Waals surface area contributed by atoms with Crippen LogP contribution in [0.3, 0.4) is 0 Å². The molecule has 1 aliphatic rings. The third-order valence-corrected chi connectivity index (χ3v) is 3.70. The fourth-order valence-corrected chi connectivity index (χ4v) is 2.49. The number of nitro groups is 1. The van der Waals surface area contributed by atoms with Crippen molar-refractivity contribution in [3.63, 3.8) is 0 Å². The van der Waals surface area contributed by atoms with Crippen molar-refractivity contribution in [2.75, 3.05) is 31.5 Å². The smallest absolute Gasteiger partial charge is 0.269 e. The lowest BCUT2D eigenvalue weighted by Crippen LogP contribution is -2.51. The van der Waals surface area contributed by atoms with Crippen LogP contribution < -0.4 is 10.6 Å². The molecule has 0 saturated carbocycles. The average molecular weight is 306 g/mol. The number of rotatable bonds is 6. The number of non-ortho nitro benzene ring substituents is 1. The maximum absolute atomic E-state index is 12.1. The van der Waals surface area contributed by atoms with E-state index in [9.17, 15) is 14.9 Å². The monoisotopic (exact) mass is 306 g/mol. The highest BCUT2D eigenvalue weighted by atomic mass is 16.6. The van der Waals surface area contributed by atoms with Crippen molar-refractivity contribution in [3.8, 4) is 0 Å². The fourth-order valence-electron chi connectivity index (χ4n) is 2.49. The molecule has 1 aliphatic heterocycles. The quantitative estimate of drug-likeness (QED) is 0.473. The van der Waals surface area contributed by atoms with Gasteiger partial charge in [-0.15, -0.1) is 0 Å². The molecule has 1 aromatic rings. The lowest BCUT2D eigenvalue weighted by molar-refractivity contribution is -0.384. The number of benzene rings is 1. The minimum atomic E-state index is -0.420. The van der Waals surface area contributed by atoms with Gasteiger partial charge in [0.1, 0.15) is 0 Å². The molecule has 7 nitrogen and oxygen atoms in total. The zero-order valence-corrected chi connectivity index (χ0v) is 12.7. The van der Waals surface area contributed by atoms with Crippen molar-refractivity contribution in [2.45, 2.75) is 25.8 Å². The van der Waals surface area contributed by atoms with Gasteiger partial charge in [0.15, 0.2) is 0 Å². The lowest BCUT2D eigenvalue weighted by Gasteiger charge is -2.32. The summed E-state index contributed by atoms with van der Waals surface area (Å²) in [6.45, 7) is 5.16. The fraction of sp³-hybridized carbons (Fsp3) is 0.533. The van der Waals surface area contributed by atoms with Crippen LogP contribution in [-0.2, 0) is 4.79 Å². The molecule has 0 radical (unpaired) electrons. The highest BCUT2D eigenvalue weighted by Crippen LogP contribution is 2.15. The molecule has 1 amide bonds. The van der Waals surface area contributed by atoms with Crippen molar-refractivity contribution in [3.05, 3.63) is 34.4 Å². The van der Waals surface area contributed by atoms with Crippen LogP contribution in [0.4, 0.5) is 11.4 Å². The zero-order valence-electron chi connectivity index (χ0n) is 12.7. The molecule has 1 heterocycles. The Morgan fingerprint density at radius 2 is 2.18 bits per heavy atom. The van der Waals surface area contributed by atoms with E-state index in [1.807, 2.05) is 4.90 Å². The van der Waals surface area contributed by atoms with E-state index >= 15 is 0 Å². The summed E-state index contributed by atoms with van der Waals surface area (Å²) in [6.07, 6.45) is 1.26. The SMILES string of the molecule is CC1CN(C(=O)CCCNc2ccc([N+](=O)[O-])cc2)CCN1. The number of nitrogens with zero attached hydrogens (tertiary/aromatic N) is 2. The second kappa shape index (κ2) is 7.74. The Morgan fingerprint density at radius 1 is 1.45 bits per heavy atom. The van der Waals surface area contributed by atoms with Crippen LogP contribution in [0.15, 0.2) is 24.3 Å². The van der Waals surface area contributed by atoms with Crippen LogP contribution in [0.1, 0.15) is 19.8 Å². The van der Waals surface area contributed by atoms with Gasteiger partial charge in [0.05, 0.1) is 4.92 Å². The number of carbonyl (C=O) groups is 1. The number of nitro benzene ring substituents is 1. The normalized spacial score (nSPS) is 18.0. The average Bonchev–Trinajstić information content (AvgIpc) is 2.51. The van der Waals surface area contributed by atoms with Gasteiger partial charge in [0.25, 0.3) is 5.69 Å². The molecular weight excluding hydrogens is 284 g/mol. The Balaban J connectivity index is 1.68. The number of nitrogens with one attached hydrogen (secondary N) is 2. The van der Waals surface area contributed by atoms with Gasteiger partial charge in [-0.2, -0.15) is 0 Å². The maximum Gasteiger partial charge on any atom is 0.269 e. The van der Waals surface area contributed by atoms with E-state index in [0.717, 1.165) is 31.7 Å². The molecule has 1 saturated heterocycles. The van der Waals surface area contributed by atoms with Crippen molar-refractivity contribution in [1.82, 2.24) is 10.2 Å². The molecule has 1 aromatic carbocycles. The molecule has 0 spiro atoms. The summed E-state index contributed by atoms with van der Waals surface area (Å²) in [7, 11) is 0. The van der Waals surface area contributed by atoms with Crippen LogP contribution >= 0.6 is 0 Å². The number of amides is 1. The Bertz CT molecular complexity index is 518. The standard InChI is InChI=1S/C15H22N4O3/c1-12-11-18(10-9-16-12)15(20)3-2-8-17-13-4-6-14(7-5-13)19(21)22/h4-7,12,16-17H,2-3,8-11H2,1H3. The van der Waals surface area contributed by atoms with Gasteiger partial charge < -0.3 is 15.5 Å². The molecule has 1 fully saturated rings. The van der Waals surface area contributed by atoms with Gasteiger partial charge in [-0.05, 0) is 25.5 Å². The molecule has 0 aliphatic carbocycles. The highest BCUT2D eigenvalue weighted by Gasteiger charge is 2.19. The van der Waals surface area contributed by atoms with Crippen LogP contribution in [-0.4, -0.2) is 48.0 Å². The maximum atomic E-state index is 12.1. The predicted octanol–water partition coefficient (Wildman–Crippen LogP) is 1.61. The molecule has 2 rings (SSSR count). The number of anilines is 1. The highest BCUT2D eigenvalue weighted by molar-refractivity contribution is 5.76. The minimum Gasteiger partial charge on any atom is -0.385 e. The lowest BCUT2D eigenvalue weighted by atomic mass is 10.2. The van der Waals surface area contributed by atoms with Crippen LogP contribution in [0, 0.1) is 10.1 Å². The first-order valence-corrected chi connectivity index (χ1v) is 7.56. The first-order valence-electron chi connectivity index (χ1n) is 7.56. The zero-order chi connectivity index (χ0) is 15.9. The van der Waals surface area contributed by atoms with Gasteiger partial charge in [-0.1, -0.05) is 0 Å². The predicted molar refractivity (Wildman–Crippen MR) is 84.9 cm³/mol. The van der Waals surface area contributed by atoms with Gasteiger partial charge in [0.2, 0.25) is 5.91 Å².